The molecule has 0 bridgehead atoms. The molecule has 0 unspecified atom stereocenters. The molecule has 27 heavy (non-hydrogen) atoms. The molecule has 2 amide bonds. The van der Waals surface area contributed by atoms with E-state index in [4.69, 9.17) is 11.6 Å². The monoisotopic (exact) mass is 378 g/mol. The lowest BCUT2D eigenvalue weighted by molar-refractivity contribution is 0.0939. The molecule has 2 N–H and O–H groups in total. The van der Waals surface area contributed by atoms with E-state index in [0.717, 1.165) is 11.1 Å². The van der Waals surface area contributed by atoms with Crippen LogP contribution < -0.4 is 10.6 Å². The summed E-state index contributed by atoms with van der Waals surface area (Å²) in [6.07, 6.45) is 0. The van der Waals surface area contributed by atoms with E-state index in [1.54, 1.807) is 30.3 Å². The predicted octanol–water partition coefficient (Wildman–Crippen LogP) is 4.20. The van der Waals surface area contributed by atoms with Crippen molar-refractivity contribution in [1.82, 2.24) is 10.6 Å². The first-order chi connectivity index (χ1) is 13.1. The zero-order valence-corrected chi connectivity index (χ0v) is 15.4. The van der Waals surface area contributed by atoms with E-state index >= 15 is 0 Å². The molecule has 0 aromatic heterocycles. The summed E-state index contributed by atoms with van der Waals surface area (Å²) in [5.74, 6) is -0.395. The molecule has 3 rings (SSSR count). The van der Waals surface area contributed by atoms with Gasteiger partial charge in [0.2, 0.25) is 0 Å². The van der Waals surface area contributed by atoms with E-state index in [2.05, 4.69) is 10.6 Å². The molecule has 0 spiro atoms. The quantitative estimate of drug-likeness (QED) is 0.675. The maximum Gasteiger partial charge on any atom is 0.251 e. The molecular weight excluding hydrogens is 360 g/mol. The fourth-order valence-corrected chi connectivity index (χ4v) is 2.78. The number of carbonyl (C=O) groups excluding carboxylic acids is 2. The van der Waals surface area contributed by atoms with Crippen molar-refractivity contribution < 1.29 is 9.59 Å². The Balaban J connectivity index is 1.55. The number of nitrogens with one attached hydrogen (secondary N) is 2. The van der Waals surface area contributed by atoms with Crippen LogP contribution in [-0.2, 0) is 13.1 Å². The van der Waals surface area contributed by atoms with E-state index in [0.29, 0.717) is 29.2 Å². The second-order valence-corrected chi connectivity index (χ2v) is 6.43. The van der Waals surface area contributed by atoms with Gasteiger partial charge in [-0.25, -0.2) is 0 Å². The highest BCUT2D eigenvalue weighted by molar-refractivity contribution is 6.31. The molecule has 0 aliphatic rings. The van der Waals surface area contributed by atoms with Crippen molar-refractivity contribution in [2.75, 3.05) is 0 Å². The summed E-state index contributed by atoms with van der Waals surface area (Å²) in [5.41, 5.74) is 2.88. The van der Waals surface area contributed by atoms with Gasteiger partial charge >= 0.3 is 0 Å². The van der Waals surface area contributed by atoms with Crippen molar-refractivity contribution in [3.8, 4) is 0 Å². The summed E-state index contributed by atoms with van der Waals surface area (Å²) < 4.78 is 0. The van der Waals surface area contributed by atoms with Gasteiger partial charge in [0.1, 0.15) is 0 Å². The number of amides is 2. The zero-order valence-electron chi connectivity index (χ0n) is 14.6. The molecule has 3 aromatic rings. The van der Waals surface area contributed by atoms with Crippen LogP contribution in [0.5, 0.6) is 0 Å². The SMILES string of the molecule is O=C(NCc1ccccc1)c1ccc(C(=O)NCc2ccccc2Cl)cc1. The van der Waals surface area contributed by atoms with Crippen molar-refractivity contribution in [1.29, 1.82) is 0 Å². The standard InChI is InChI=1S/C22H19ClN2O2/c23-20-9-5-4-8-19(20)15-25-22(27)18-12-10-17(11-13-18)21(26)24-14-16-6-2-1-3-7-16/h1-13H,14-15H2,(H,24,26)(H,25,27). The minimum absolute atomic E-state index is 0.179. The van der Waals surface area contributed by atoms with Gasteiger partial charge in [0, 0.05) is 29.2 Å². The molecule has 3 aromatic carbocycles. The molecule has 0 aliphatic carbocycles. The van der Waals surface area contributed by atoms with Gasteiger partial charge in [-0.3, -0.25) is 9.59 Å². The van der Waals surface area contributed by atoms with E-state index in [-0.39, 0.29) is 11.8 Å². The van der Waals surface area contributed by atoms with Crippen molar-refractivity contribution in [2.24, 2.45) is 0 Å². The Bertz CT molecular complexity index is 925. The van der Waals surface area contributed by atoms with Crippen LogP contribution in [0.25, 0.3) is 0 Å². The number of hydrogen-bond acceptors (Lipinski definition) is 2. The summed E-state index contributed by atoms with van der Waals surface area (Å²) in [5, 5.41) is 6.30. The van der Waals surface area contributed by atoms with Crippen molar-refractivity contribution in [2.45, 2.75) is 13.1 Å². The van der Waals surface area contributed by atoms with Crippen LogP contribution in [0.1, 0.15) is 31.8 Å². The highest BCUT2D eigenvalue weighted by atomic mass is 35.5. The molecule has 0 atom stereocenters. The third kappa shape index (κ3) is 5.19. The summed E-state index contributed by atoms with van der Waals surface area (Å²) in [7, 11) is 0. The molecule has 0 fully saturated rings. The first kappa shape index (κ1) is 18.7. The van der Waals surface area contributed by atoms with Crippen molar-refractivity contribution in [3.05, 3.63) is 106 Å². The lowest BCUT2D eigenvalue weighted by Crippen LogP contribution is -2.24. The van der Waals surface area contributed by atoms with Gasteiger partial charge in [0.05, 0.1) is 0 Å². The maximum atomic E-state index is 12.3. The van der Waals surface area contributed by atoms with Gasteiger partial charge < -0.3 is 10.6 Å². The predicted molar refractivity (Wildman–Crippen MR) is 107 cm³/mol. The molecule has 0 aliphatic heterocycles. The van der Waals surface area contributed by atoms with Crippen LogP contribution in [0.3, 0.4) is 0 Å². The molecule has 5 heteroatoms. The van der Waals surface area contributed by atoms with Crippen LogP contribution >= 0.6 is 11.6 Å². The molecule has 0 heterocycles. The van der Waals surface area contributed by atoms with Crippen LogP contribution in [0.15, 0.2) is 78.9 Å². The second kappa shape index (κ2) is 9.01. The van der Waals surface area contributed by atoms with E-state index < -0.39 is 0 Å². The Hall–Kier alpha value is -3.11. The van der Waals surface area contributed by atoms with Crippen LogP contribution in [0.2, 0.25) is 5.02 Å². The van der Waals surface area contributed by atoms with Crippen LogP contribution in [0, 0.1) is 0 Å². The summed E-state index contributed by atoms with van der Waals surface area (Å²) in [6.45, 7) is 0.803. The van der Waals surface area contributed by atoms with Gasteiger partial charge in [-0.2, -0.15) is 0 Å². The van der Waals surface area contributed by atoms with Crippen LogP contribution in [0.4, 0.5) is 0 Å². The Labute approximate surface area is 163 Å². The third-order valence-corrected chi connectivity index (χ3v) is 4.47. The molecule has 0 saturated carbocycles. The smallest absolute Gasteiger partial charge is 0.251 e. The minimum atomic E-state index is -0.217. The Kier molecular flexibility index (Phi) is 6.23. The number of carbonyl (C=O) groups is 2. The number of benzene rings is 3. The lowest BCUT2D eigenvalue weighted by atomic mass is 10.1. The van der Waals surface area contributed by atoms with Gasteiger partial charge in [0.25, 0.3) is 11.8 Å². The van der Waals surface area contributed by atoms with Crippen LogP contribution in [-0.4, -0.2) is 11.8 Å². The first-order valence-electron chi connectivity index (χ1n) is 8.57. The number of halogens is 1. The van der Waals surface area contributed by atoms with Crippen molar-refractivity contribution in [3.63, 3.8) is 0 Å². The maximum absolute atomic E-state index is 12.3. The molecule has 4 nitrogen and oxygen atoms in total. The summed E-state index contributed by atoms with van der Waals surface area (Å²) >= 11 is 6.09. The summed E-state index contributed by atoms with van der Waals surface area (Å²) in [4.78, 5) is 24.5. The highest BCUT2D eigenvalue weighted by Crippen LogP contribution is 2.14. The van der Waals surface area contributed by atoms with E-state index in [1.807, 2.05) is 48.5 Å². The van der Waals surface area contributed by atoms with E-state index in [1.165, 1.54) is 0 Å². The zero-order chi connectivity index (χ0) is 19.1. The fourth-order valence-electron chi connectivity index (χ4n) is 2.57. The molecular formula is C22H19ClN2O2. The lowest BCUT2D eigenvalue weighted by Gasteiger charge is -2.08. The average molecular weight is 379 g/mol. The van der Waals surface area contributed by atoms with Gasteiger partial charge in [-0.05, 0) is 41.5 Å². The van der Waals surface area contributed by atoms with Gasteiger partial charge in [-0.15, -0.1) is 0 Å². The fraction of sp³-hybridized carbons (Fsp3) is 0.0909. The molecule has 136 valence electrons. The largest absolute Gasteiger partial charge is 0.348 e. The normalized spacial score (nSPS) is 10.3. The van der Waals surface area contributed by atoms with E-state index in [9.17, 15) is 9.59 Å². The van der Waals surface area contributed by atoms with Gasteiger partial charge in [-0.1, -0.05) is 60.1 Å². The van der Waals surface area contributed by atoms with Crippen molar-refractivity contribution >= 4 is 23.4 Å². The number of hydrogen-bond donors (Lipinski definition) is 2. The number of rotatable bonds is 6. The van der Waals surface area contributed by atoms with Gasteiger partial charge in [0.15, 0.2) is 0 Å². The molecule has 0 saturated heterocycles. The topological polar surface area (TPSA) is 58.2 Å². The first-order valence-corrected chi connectivity index (χ1v) is 8.95. The second-order valence-electron chi connectivity index (χ2n) is 6.02. The highest BCUT2D eigenvalue weighted by Gasteiger charge is 2.09. The average Bonchev–Trinajstić information content (AvgIpc) is 2.72. The molecule has 0 radical (unpaired) electrons. The Morgan fingerprint density at radius 2 is 1.19 bits per heavy atom. The summed E-state index contributed by atoms with van der Waals surface area (Å²) in [6, 6.07) is 23.6. The Morgan fingerprint density at radius 1 is 0.667 bits per heavy atom. The minimum Gasteiger partial charge on any atom is -0.348 e. The Morgan fingerprint density at radius 3 is 1.78 bits per heavy atom. The third-order valence-electron chi connectivity index (χ3n) is 4.10.